The van der Waals surface area contributed by atoms with Gasteiger partial charge >= 0.3 is 0 Å². The minimum Gasteiger partial charge on any atom is -0.369 e. The van der Waals surface area contributed by atoms with Crippen molar-refractivity contribution in [3.05, 3.63) is 64.2 Å². The van der Waals surface area contributed by atoms with Gasteiger partial charge in [0.2, 0.25) is 0 Å². The highest BCUT2D eigenvalue weighted by Gasteiger charge is 2.52. The maximum Gasteiger partial charge on any atom is 0.140 e. The molecular weight excluding hydrogens is 449 g/mol. The van der Waals surface area contributed by atoms with Gasteiger partial charge in [0.05, 0.1) is 34.7 Å². The van der Waals surface area contributed by atoms with E-state index in [9.17, 15) is 5.26 Å². The van der Waals surface area contributed by atoms with Crippen LogP contribution in [0.25, 0.3) is 22.4 Å². The van der Waals surface area contributed by atoms with Gasteiger partial charge in [-0.2, -0.15) is 10.5 Å². The van der Waals surface area contributed by atoms with Crippen molar-refractivity contribution in [3.63, 3.8) is 0 Å². The van der Waals surface area contributed by atoms with Crippen LogP contribution in [-0.4, -0.2) is 16.5 Å². The molecule has 0 amide bonds. The summed E-state index contributed by atoms with van der Waals surface area (Å²) in [7, 11) is 0. The first-order chi connectivity index (χ1) is 16.3. The second-order valence-corrected chi connectivity index (χ2v) is 10.0. The van der Waals surface area contributed by atoms with Crippen LogP contribution >= 0.6 is 11.6 Å². The summed E-state index contributed by atoms with van der Waals surface area (Å²) in [5.74, 6) is 0.290. The van der Waals surface area contributed by atoms with Gasteiger partial charge in [0.25, 0.3) is 0 Å². The zero-order chi connectivity index (χ0) is 24.1. The molecule has 1 saturated carbocycles. The molecule has 1 aliphatic heterocycles. The molecule has 0 radical (unpaired) electrons. The van der Waals surface area contributed by atoms with Crippen LogP contribution in [0.2, 0.25) is 5.02 Å². The molecule has 3 heterocycles. The Balaban J connectivity index is 1.63. The summed E-state index contributed by atoms with van der Waals surface area (Å²) in [5.41, 5.74) is 3.55. The second-order valence-electron chi connectivity index (χ2n) is 9.64. The van der Waals surface area contributed by atoms with Crippen molar-refractivity contribution < 1.29 is 4.39 Å². The molecule has 0 saturated heterocycles. The molecule has 0 unspecified atom stereocenters. The molecule has 170 valence electrons. The minimum absolute atomic E-state index is 0.236. The lowest BCUT2D eigenvalue weighted by Crippen LogP contribution is -2.27. The van der Waals surface area contributed by atoms with Gasteiger partial charge in [0, 0.05) is 46.6 Å². The molecule has 5 nitrogen and oxygen atoms in total. The Morgan fingerprint density at radius 1 is 1.15 bits per heavy atom. The van der Waals surface area contributed by atoms with Gasteiger partial charge in [-0.05, 0) is 56.4 Å². The van der Waals surface area contributed by atoms with Gasteiger partial charge in [-0.3, -0.25) is 4.98 Å². The van der Waals surface area contributed by atoms with E-state index in [1.165, 1.54) is 0 Å². The van der Waals surface area contributed by atoms with Crippen molar-refractivity contribution in [1.29, 1.82) is 10.5 Å². The van der Waals surface area contributed by atoms with E-state index in [2.05, 4.69) is 27.4 Å². The summed E-state index contributed by atoms with van der Waals surface area (Å²) >= 11 is 6.98. The first kappa shape index (κ1) is 22.3. The van der Waals surface area contributed by atoms with Crippen molar-refractivity contribution in [1.82, 2.24) is 9.97 Å². The number of nitrogens with one attached hydrogen (secondary N) is 1. The van der Waals surface area contributed by atoms with Crippen LogP contribution in [0.5, 0.6) is 0 Å². The molecule has 1 fully saturated rings. The van der Waals surface area contributed by atoms with E-state index in [4.69, 9.17) is 16.9 Å². The highest BCUT2D eigenvalue weighted by Crippen LogP contribution is 2.57. The van der Waals surface area contributed by atoms with Crippen LogP contribution in [0.1, 0.15) is 42.9 Å². The van der Waals surface area contributed by atoms with Gasteiger partial charge in [-0.1, -0.05) is 23.7 Å². The number of halogens is 2. The van der Waals surface area contributed by atoms with Gasteiger partial charge in [-0.15, -0.1) is 0 Å². The predicted molar refractivity (Wildman–Crippen MR) is 130 cm³/mol. The van der Waals surface area contributed by atoms with Crippen molar-refractivity contribution in [3.8, 4) is 34.5 Å². The van der Waals surface area contributed by atoms with E-state index in [1.54, 1.807) is 36.7 Å². The van der Waals surface area contributed by atoms with Crippen LogP contribution < -0.4 is 5.32 Å². The topological polar surface area (TPSA) is 85.4 Å². The zero-order valence-electron chi connectivity index (χ0n) is 19.0. The van der Waals surface area contributed by atoms with E-state index in [1.807, 2.05) is 13.8 Å². The summed E-state index contributed by atoms with van der Waals surface area (Å²) in [4.78, 5) is 9.00. The number of hydrogen-bond acceptors (Lipinski definition) is 5. The Hall–Kier alpha value is -3.48. The van der Waals surface area contributed by atoms with Crippen molar-refractivity contribution in [2.24, 2.45) is 5.41 Å². The van der Waals surface area contributed by atoms with Gasteiger partial charge < -0.3 is 5.32 Å². The van der Waals surface area contributed by atoms with Gasteiger partial charge in [0.15, 0.2) is 0 Å². The summed E-state index contributed by atoms with van der Waals surface area (Å²) < 4.78 is 16.0. The predicted octanol–water partition coefficient (Wildman–Crippen LogP) is 6.35. The number of fused-ring (bicyclic) bond motifs is 2. The molecule has 1 N–H and O–H groups in total. The van der Waals surface area contributed by atoms with Crippen LogP contribution in [0.4, 0.5) is 10.2 Å². The third-order valence-corrected chi connectivity index (χ3v) is 7.82. The quantitative estimate of drug-likeness (QED) is 0.480. The minimum atomic E-state index is -0.427. The van der Waals surface area contributed by atoms with Crippen molar-refractivity contribution in [2.45, 2.75) is 44.9 Å². The standard InChI is InChI=1S/C27H23ClFN5/c1-16-17(6-10-30)7-11-32-24(16)19-5-3-4-18(23(19)29)20-12-33-25-21(22(20)28)27(15-34-25)9-8-26(2,13-27)14-31/h3-5,7,11-12H,6,8-9,13,15H2,1-2H3,(H,33,34)/t26-,27+/m1/s1. The molecule has 2 aliphatic rings. The van der Waals surface area contributed by atoms with E-state index in [0.29, 0.717) is 46.2 Å². The fourth-order valence-corrected chi connectivity index (χ4v) is 6.02. The van der Waals surface area contributed by atoms with E-state index >= 15 is 4.39 Å². The SMILES string of the molecule is Cc1c(CC#N)ccnc1-c1cccc(-c2cnc3c(c2Cl)[C@]2(CC[C@@](C)(C#N)C2)CN3)c1F. The third-order valence-electron chi connectivity index (χ3n) is 7.42. The smallest absolute Gasteiger partial charge is 0.140 e. The lowest BCUT2D eigenvalue weighted by Gasteiger charge is -2.26. The number of anilines is 1. The van der Waals surface area contributed by atoms with Crippen LogP contribution in [0.3, 0.4) is 0 Å². The number of benzene rings is 1. The maximum absolute atomic E-state index is 16.0. The Bertz CT molecular complexity index is 1410. The molecular formula is C27H23ClFN5. The molecule has 1 spiro atoms. The number of nitriles is 2. The van der Waals surface area contributed by atoms with Crippen molar-refractivity contribution in [2.75, 3.05) is 11.9 Å². The molecule has 2 aromatic heterocycles. The monoisotopic (exact) mass is 471 g/mol. The lowest BCUT2D eigenvalue weighted by molar-refractivity contribution is 0.404. The molecule has 7 heteroatoms. The Morgan fingerprint density at radius 3 is 2.68 bits per heavy atom. The summed E-state index contributed by atoms with van der Waals surface area (Å²) in [6, 6.07) is 11.6. The molecule has 5 rings (SSSR count). The third kappa shape index (κ3) is 3.33. The van der Waals surface area contributed by atoms with Crippen LogP contribution in [-0.2, 0) is 11.8 Å². The molecule has 3 aromatic rings. The van der Waals surface area contributed by atoms with Gasteiger partial charge in [-0.25, -0.2) is 9.37 Å². The van der Waals surface area contributed by atoms with E-state index < -0.39 is 11.2 Å². The molecule has 1 aliphatic carbocycles. The van der Waals surface area contributed by atoms with E-state index in [0.717, 1.165) is 29.5 Å². The van der Waals surface area contributed by atoms with Crippen LogP contribution in [0.15, 0.2) is 36.7 Å². The average molecular weight is 472 g/mol. The van der Waals surface area contributed by atoms with Crippen molar-refractivity contribution >= 4 is 17.4 Å². The Morgan fingerprint density at radius 2 is 1.94 bits per heavy atom. The molecule has 2 atom stereocenters. The molecule has 0 bridgehead atoms. The molecule has 1 aromatic carbocycles. The first-order valence-electron chi connectivity index (χ1n) is 11.3. The molecule has 34 heavy (non-hydrogen) atoms. The average Bonchev–Trinajstić information content (AvgIpc) is 3.37. The summed E-state index contributed by atoms with van der Waals surface area (Å²) in [5, 5.41) is 22.6. The number of hydrogen-bond donors (Lipinski definition) is 1. The normalized spacial score (nSPS) is 22.8. The maximum atomic E-state index is 16.0. The summed E-state index contributed by atoms with van der Waals surface area (Å²) in [6.45, 7) is 4.52. The van der Waals surface area contributed by atoms with E-state index in [-0.39, 0.29) is 11.8 Å². The highest BCUT2D eigenvalue weighted by molar-refractivity contribution is 6.34. The number of nitrogens with zero attached hydrogens (tertiary/aromatic N) is 4. The van der Waals surface area contributed by atoms with Crippen LogP contribution in [0, 0.1) is 40.8 Å². The Labute approximate surface area is 203 Å². The zero-order valence-corrected chi connectivity index (χ0v) is 19.8. The first-order valence-corrected chi connectivity index (χ1v) is 11.6. The fraction of sp³-hybridized carbons (Fsp3) is 0.333. The Kier molecular flexibility index (Phi) is 5.30. The lowest BCUT2D eigenvalue weighted by atomic mass is 9.77. The fourth-order valence-electron chi connectivity index (χ4n) is 5.58. The largest absolute Gasteiger partial charge is 0.369 e. The number of aromatic nitrogens is 2. The van der Waals surface area contributed by atoms with Gasteiger partial charge in [0.1, 0.15) is 11.6 Å². The number of pyridine rings is 2. The highest BCUT2D eigenvalue weighted by atomic mass is 35.5. The second kappa shape index (κ2) is 8.08. The number of rotatable bonds is 3. The summed E-state index contributed by atoms with van der Waals surface area (Å²) in [6.07, 6.45) is 5.77.